The smallest absolute Gasteiger partial charge is 0.254 e. The van der Waals surface area contributed by atoms with Crippen molar-refractivity contribution in [2.75, 3.05) is 32.8 Å². The summed E-state index contributed by atoms with van der Waals surface area (Å²) in [6.07, 6.45) is 1.04. The average molecular weight is 398 g/mol. The van der Waals surface area contributed by atoms with Crippen molar-refractivity contribution in [3.05, 3.63) is 53.6 Å². The molecule has 0 unspecified atom stereocenters. The number of amides is 2. The number of nitrogens with zero attached hydrogens (tertiary/aromatic N) is 2. The predicted molar refractivity (Wildman–Crippen MR) is 108 cm³/mol. The van der Waals surface area contributed by atoms with E-state index in [9.17, 15) is 19.8 Å². The van der Waals surface area contributed by atoms with Gasteiger partial charge in [0.05, 0.1) is 6.61 Å². The Labute approximate surface area is 170 Å². The number of hydrogen-bond acceptors (Lipinski definition) is 5. The number of ether oxygens (including phenoxy) is 1. The minimum atomic E-state index is -0.269. The van der Waals surface area contributed by atoms with E-state index in [0.717, 1.165) is 5.75 Å². The lowest BCUT2D eigenvalue weighted by atomic mass is 10.1. The number of hydrogen-bond donors (Lipinski definition) is 2. The lowest BCUT2D eigenvalue weighted by Gasteiger charge is -2.35. The number of carbonyl (C=O) groups excluding carboxylic acids is 2. The van der Waals surface area contributed by atoms with E-state index in [1.54, 1.807) is 9.80 Å². The fraction of sp³-hybridized carbons (Fsp3) is 0.364. The molecule has 0 spiro atoms. The second kappa shape index (κ2) is 9.32. The van der Waals surface area contributed by atoms with Gasteiger partial charge in [0.15, 0.2) is 0 Å². The van der Waals surface area contributed by atoms with Gasteiger partial charge in [0, 0.05) is 44.2 Å². The summed E-state index contributed by atoms with van der Waals surface area (Å²) in [7, 11) is 0. The van der Waals surface area contributed by atoms with Crippen LogP contribution in [-0.2, 0) is 4.79 Å². The Balaban J connectivity index is 1.41. The average Bonchev–Trinajstić information content (AvgIpc) is 2.71. The van der Waals surface area contributed by atoms with Gasteiger partial charge in [-0.15, -0.1) is 0 Å². The molecule has 2 aromatic rings. The van der Waals surface area contributed by atoms with Crippen molar-refractivity contribution in [3.8, 4) is 17.2 Å². The normalized spacial score (nSPS) is 14.0. The third-order valence-electron chi connectivity index (χ3n) is 4.89. The summed E-state index contributed by atoms with van der Waals surface area (Å²) in [5.41, 5.74) is 1.40. The van der Waals surface area contributed by atoms with Gasteiger partial charge in [-0.2, -0.15) is 0 Å². The van der Waals surface area contributed by atoms with E-state index in [2.05, 4.69) is 0 Å². The molecule has 2 N–H and O–H groups in total. The van der Waals surface area contributed by atoms with Crippen molar-refractivity contribution < 1.29 is 24.5 Å². The number of benzene rings is 2. The maximum Gasteiger partial charge on any atom is 0.254 e. The summed E-state index contributed by atoms with van der Waals surface area (Å²) in [6, 6.07) is 11.6. The minimum absolute atomic E-state index is 0.0552. The predicted octanol–water partition coefficient (Wildman–Crippen LogP) is 2.55. The molecular formula is C22H26N2O5. The lowest BCUT2D eigenvalue weighted by Crippen LogP contribution is -2.50. The maximum atomic E-state index is 12.5. The highest BCUT2D eigenvalue weighted by molar-refractivity contribution is 5.95. The zero-order valence-electron chi connectivity index (χ0n) is 16.5. The van der Waals surface area contributed by atoms with Crippen LogP contribution in [0.15, 0.2) is 42.5 Å². The molecule has 0 aliphatic carbocycles. The van der Waals surface area contributed by atoms with Crippen LogP contribution in [0.3, 0.4) is 0 Å². The van der Waals surface area contributed by atoms with Crippen molar-refractivity contribution in [2.45, 2.75) is 19.8 Å². The van der Waals surface area contributed by atoms with Crippen LogP contribution in [0.1, 0.15) is 28.8 Å². The van der Waals surface area contributed by atoms with Gasteiger partial charge in [-0.25, -0.2) is 0 Å². The van der Waals surface area contributed by atoms with E-state index < -0.39 is 0 Å². The summed E-state index contributed by atoms with van der Waals surface area (Å²) in [4.78, 5) is 28.3. The standard InChI is InChI=1S/C22H26N2O5/c1-16-4-6-20(7-5-16)29-12-2-3-21(27)23-8-10-24(11-9-23)22(28)17-13-18(25)15-19(26)14-17/h4-7,13-15,25-26H,2-3,8-12H2,1H3. The Morgan fingerprint density at radius 1 is 0.931 bits per heavy atom. The highest BCUT2D eigenvalue weighted by Crippen LogP contribution is 2.22. The quantitative estimate of drug-likeness (QED) is 0.730. The van der Waals surface area contributed by atoms with Crippen LogP contribution in [0.25, 0.3) is 0 Å². The second-order valence-corrected chi connectivity index (χ2v) is 7.18. The van der Waals surface area contributed by atoms with E-state index in [4.69, 9.17) is 4.74 Å². The Hall–Kier alpha value is -3.22. The molecule has 3 rings (SSSR count). The fourth-order valence-corrected chi connectivity index (χ4v) is 3.27. The third-order valence-corrected chi connectivity index (χ3v) is 4.89. The number of carbonyl (C=O) groups is 2. The van der Waals surface area contributed by atoms with E-state index in [1.807, 2.05) is 31.2 Å². The largest absolute Gasteiger partial charge is 0.508 e. The number of piperazine rings is 1. The molecule has 1 aliphatic heterocycles. The second-order valence-electron chi connectivity index (χ2n) is 7.18. The first-order chi connectivity index (χ1) is 13.9. The molecule has 7 heteroatoms. The van der Waals surface area contributed by atoms with Gasteiger partial charge in [-0.05, 0) is 37.6 Å². The topological polar surface area (TPSA) is 90.3 Å². The minimum Gasteiger partial charge on any atom is -0.508 e. The van der Waals surface area contributed by atoms with E-state index in [0.29, 0.717) is 45.6 Å². The van der Waals surface area contributed by atoms with Crippen molar-refractivity contribution in [2.24, 2.45) is 0 Å². The van der Waals surface area contributed by atoms with Crippen molar-refractivity contribution in [3.63, 3.8) is 0 Å². The summed E-state index contributed by atoms with van der Waals surface area (Å²) in [6.45, 7) is 4.27. The van der Waals surface area contributed by atoms with Crippen molar-refractivity contribution >= 4 is 11.8 Å². The fourth-order valence-electron chi connectivity index (χ4n) is 3.27. The van der Waals surface area contributed by atoms with Gasteiger partial charge in [0.25, 0.3) is 5.91 Å². The molecular weight excluding hydrogens is 372 g/mol. The highest BCUT2D eigenvalue weighted by atomic mass is 16.5. The lowest BCUT2D eigenvalue weighted by molar-refractivity contribution is -0.132. The molecule has 2 aromatic carbocycles. The Kier molecular flexibility index (Phi) is 6.59. The van der Waals surface area contributed by atoms with Crippen LogP contribution in [-0.4, -0.2) is 64.6 Å². The number of aryl methyl sites for hydroxylation is 1. The molecule has 7 nitrogen and oxygen atoms in total. The Bertz CT molecular complexity index is 838. The summed E-state index contributed by atoms with van der Waals surface area (Å²) >= 11 is 0. The molecule has 0 saturated carbocycles. The van der Waals surface area contributed by atoms with Crippen LogP contribution in [0.2, 0.25) is 0 Å². The molecule has 29 heavy (non-hydrogen) atoms. The first kappa shape index (κ1) is 20.5. The molecule has 0 aromatic heterocycles. The van der Waals surface area contributed by atoms with E-state index in [-0.39, 0.29) is 28.9 Å². The molecule has 0 bridgehead atoms. The zero-order chi connectivity index (χ0) is 20.8. The third kappa shape index (κ3) is 5.63. The molecule has 1 aliphatic rings. The SMILES string of the molecule is Cc1ccc(OCCCC(=O)N2CCN(C(=O)c3cc(O)cc(O)c3)CC2)cc1. The summed E-state index contributed by atoms with van der Waals surface area (Å²) in [5.74, 6) is 0.271. The maximum absolute atomic E-state index is 12.5. The highest BCUT2D eigenvalue weighted by Gasteiger charge is 2.25. The number of rotatable bonds is 6. The van der Waals surface area contributed by atoms with Gasteiger partial charge < -0.3 is 24.7 Å². The molecule has 2 amide bonds. The van der Waals surface area contributed by atoms with Crippen LogP contribution < -0.4 is 4.74 Å². The Morgan fingerprint density at radius 3 is 2.14 bits per heavy atom. The van der Waals surface area contributed by atoms with E-state index >= 15 is 0 Å². The molecule has 154 valence electrons. The molecule has 1 heterocycles. The van der Waals surface area contributed by atoms with E-state index in [1.165, 1.54) is 23.8 Å². The first-order valence-corrected chi connectivity index (χ1v) is 9.72. The van der Waals surface area contributed by atoms with Crippen molar-refractivity contribution in [1.82, 2.24) is 9.80 Å². The number of phenolic OH excluding ortho intramolecular Hbond substituents is 2. The first-order valence-electron chi connectivity index (χ1n) is 9.72. The molecule has 0 atom stereocenters. The summed E-state index contributed by atoms with van der Waals surface area (Å²) < 4.78 is 5.65. The van der Waals surface area contributed by atoms with Gasteiger partial charge in [0.1, 0.15) is 17.2 Å². The molecule has 0 radical (unpaired) electrons. The Morgan fingerprint density at radius 2 is 1.52 bits per heavy atom. The number of aromatic hydroxyl groups is 2. The molecule has 1 saturated heterocycles. The molecule has 1 fully saturated rings. The van der Waals surface area contributed by atoms with Crippen molar-refractivity contribution in [1.29, 1.82) is 0 Å². The number of phenols is 2. The monoisotopic (exact) mass is 398 g/mol. The van der Waals surface area contributed by atoms with Gasteiger partial charge in [0.2, 0.25) is 5.91 Å². The zero-order valence-corrected chi connectivity index (χ0v) is 16.5. The van der Waals surface area contributed by atoms with Gasteiger partial charge in [-0.3, -0.25) is 9.59 Å². The van der Waals surface area contributed by atoms with Crippen LogP contribution >= 0.6 is 0 Å². The van der Waals surface area contributed by atoms with Gasteiger partial charge in [-0.1, -0.05) is 17.7 Å². The summed E-state index contributed by atoms with van der Waals surface area (Å²) in [5, 5.41) is 19.1. The van der Waals surface area contributed by atoms with Crippen LogP contribution in [0.5, 0.6) is 17.2 Å². The van der Waals surface area contributed by atoms with Crippen LogP contribution in [0, 0.1) is 6.92 Å². The van der Waals surface area contributed by atoms with Crippen LogP contribution in [0.4, 0.5) is 0 Å². The van der Waals surface area contributed by atoms with Gasteiger partial charge >= 0.3 is 0 Å².